The second-order valence-corrected chi connectivity index (χ2v) is 6.04. The zero-order valence-corrected chi connectivity index (χ0v) is 15.3. The van der Waals surface area contributed by atoms with Crippen molar-refractivity contribution in [3.8, 4) is 11.5 Å². The largest absolute Gasteiger partial charge is 0.490 e. The normalized spacial score (nSPS) is 12.0. The fourth-order valence-corrected chi connectivity index (χ4v) is 2.70. The van der Waals surface area contributed by atoms with Crippen molar-refractivity contribution in [2.24, 2.45) is 0 Å². The van der Waals surface area contributed by atoms with Gasteiger partial charge in [0.2, 0.25) is 0 Å². The zero-order valence-electron chi connectivity index (χ0n) is 15.3. The van der Waals surface area contributed by atoms with E-state index >= 15 is 0 Å². The van der Waals surface area contributed by atoms with Crippen LogP contribution in [0.1, 0.15) is 25.6 Å². The maximum atomic E-state index is 12.5. The van der Waals surface area contributed by atoms with Gasteiger partial charge in [-0.2, -0.15) is 0 Å². The molecule has 1 heterocycles. The summed E-state index contributed by atoms with van der Waals surface area (Å²) < 4.78 is 17.0. The van der Waals surface area contributed by atoms with E-state index in [9.17, 15) is 4.79 Å². The van der Waals surface area contributed by atoms with Crippen molar-refractivity contribution in [2.75, 3.05) is 20.3 Å². The molecular weight excluding hydrogens is 330 g/mol. The van der Waals surface area contributed by atoms with E-state index in [1.807, 2.05) is 62.4 Å². The van der Waals surface area contributed by atoms with Crippen LogP contribution in [0.5, 0.6) is 11.5 Å². The summed E-state index contributed by atoms with van der Waals surface area (Å²) in [6, 6.07) is 16.9. The number of carbonyl (C=O) groups is 1. The summed E-state index contributed by atoms with van der Waals surface area (Å²) in [4.78, 5) is 14.2. The molecule has 2 aromatic carbocycles. The van der Waals surface area contributed by atoms with Crippen molar-refractivity contribution in [1.29, 1.82) is 0 Å². The molecule has 0 aliphatic rings. The number of para-hydroxylation sites is 3. The van der Waals surface area contributed by atoms with Gasteiger partial charge in [-0.3, -0.25) is 4.79 Å². The fraction of sp³-hybridized carbons (Fsp3) is 0.286. The summed E-state index contributed by atoms with van der Waals surface area (Å²) in [6.07, 6.45) is 0. The topological polar surface area (TPSA) is 51.9 Å². The summed E-state index contributed by atoms with van der Waals surface area (Å²) in [5.74, 6) is 1.81. The third-order valence-corrected chi connectivity index (χ3v) is 4.33. The van der Waals surface area contributed by atoms with Crippen LogP contribution in [-0.4, -0.2) is 31.1 Å². The Bertz CT molecular complexity index is 853. The highest BCUT2D eigenvalue weighted by atomic mass is 16.5. The number of amides is 1. The number of carbonyl (C=O) groups excluding carboxylic acids is 1. The molecule has 3 aromatic rings. The van der Waals surface area contributed by atoms with Gasteiger partial charge in [0, 0.05) is 12.4 Å². The van der Waals surface area contributed by atoms with Crippen LogP contribution in [0.15, 0.2) is 59.0 Å². The Kier molecular flexibility index (Phi) is 5.46. The summed E-state index contributed by atoms with van der Waals surface area (Å²) in [5.41, 5.74) is 0.817. The molecule has 0 aliphatic heterocycles. The van der Waals surface area contributed by atoms with Gasteiger partial charge in [-0.05, 0) is 38.1 Å². The molecule has 1 aromatic heterocycles. The molecule has 0 saturated carbocycles. The predicted molar refractivity (Wildman–Crippen MR) is 101 cm³/mol. The SMILES string of the molecule is CCOc1ccccc1OCC(=O)N(C)C(C)c1cc2ccccc2o1. The second kappa shape index (κ2) is 7.95. The van der Waals surface area contributed by atoms with Gasteiger partial charge < -0.3 is 18.8 Å². The smallest absolute Gasteiger partial charge is 0.260 e. The van der Waals surface area contributed by atoms with Crippen molar-refractivity contribution in [3.63, 3.8) is 0 Å². The average molecular weight is 353 g/mol. The molecule has 136 valence electrons. The highest BCUT2D eigenvalue weighted by Crippen LogP contribution is 2.28. The zero-order chi connectivity index (χ0) is 18.5. The lowest BCUT2D eigenvalue weighted by Gasteiger charge is -2.23. The molecule has 0 radical (unpaired) electrons. The van der Waals surface area contributed by atoms with Crippen LogP contribution < -0.4 is 9.47 Å². The maximum Gasteiger partial charge on any atom is 0.260 e. The fourth-order valence-electron chi connectivity index (χ4n) is 2.70. The number of nitrogens with zero attached hydrogens (tertiary/aromatic N) is 1. The van der Waals surface area contributed by atoms with E-state index in [1.54, 1.807) is 18.0 Å². The molecule has 3 rings (SSSR count). The van der Waals surface area contributed by atoms with Gasteiger partial charge in [0.1, 0.15) is 11.3 Å². The van der Waals surface area contributed by atoms with Gasteiger partial charge in [0.25, 0.3) is 5.91 Å². The second-order valence-electron chi connectivity index (χ2n) is 6.04. The van der Waals surface area contributed by atoms with Crippen LogP contribution >= 0.6 is 0 Å². The Morgan fingerprint density at radius 2 is 1.73 bits per heavy atom. The molecule has 0 bridgehead atoms. The first-order valence-corrected chi connectivity index (χ1v) is 8.69. The molecule has 1 amide bonds. The lowest BCUT2D eigenvalue weighted by atomic mass is 10.2. The highest BCUT2D eigenvalue weighted by Gasteiger charge is 2.21. The Labute approximate surface area is 153 Å². The minimum absolute atomic E-state index is 0.0643. The Morgan fingerprint density at radius 1 is 1.08 bits per heavy atom. The number of likely N-dealkylation sites (N-methyl/N-ethyl adjacent to an activating group) is 1. The Balaban J connectivity index is 1.65. The third-order valence-electron chi connectivity index (χ3n) is 4.33. The minimum Gasteiger partial charge on any atom is -0.490 e. The predicted octanol–water partition coefficient (Wildman–Crippen LogP) is 4.43. The molecule has 5 heteroatoms. The van der Waals surface area contributed by atoms with Gasteiger partial charge >= 0.3 is 0 Å². The number of rotatable bonds is 7. The van der Waals surface area contributed by atoms with E-state index in [-0.39, 0.29) is 18.6 Å². The molecule has 26 heavy (non-hydrogen) atoms. The van der Waals surface area contributed by atoms with Gasteiger partial charge in [0.15, 0.2) is 18.1 Å². The molecular formula is C21H23NO4. The molecule has 5 nitrogen and oxygen atoms in total. The Morgan fingerprint density at radius 3 is 2.42 bits per heavy atom. The number of ether oxygens (including phenoxy) is 2. The number of benzene rings is 2. The summed E-state index contributed by atoms with van der Waals surface area (Å²) in [7, 11) is 1.75. The molecule has 0 N–H and O–H groups in total. The number of furan rings is 1. The summed E-state index contributed by atoms with van der Waals surface area (Å²) in [6.45, 7) is 4.32. The quantitative estimate of drug-likeness (QED) is 0.630. The molecule has 1 unspecified atom stereocenters. The third kappa shape index (κ3) is 3.82. The van der Waals surface area contributed by atoms with Crippen LogP contribution in [0.2, 0.25) is 0 Å². The van der Waals surface area contributed by atoms with E-state index < -0.39 is 0 Å². The molecule has 0 spiro atoms. The first-order chi connectivity index (χ1) is 12.6. The summed E-state index contributed by atoms with van der Waals surface area (Å²) >= 11 is 0. The standard InChI is InChI=1S/C21H23NO4/c1-4-24-18-11-7-8-12-19(18)25-14-21(23)22(3)15(2)20-13-16-9-5-6-10-17(16)26-20/h5-13,15H,4,14H2,1-3H3. The first-order valence-electron chi connectivity index (χ1n) is 8.69. The van der Waals surface area contributed by atoms with E-state index in [4.69, 9.17) is 13.9 Å². The van der Waals surface area contributed by atoms with Crippen LogP contribution in [0.25, 0.3) is 11.0 Å². The van der Waals surface area contributed by atoms with Crippen LogP contribution in [0, 0.1) is 0 Å². The van der Waals surface area contributed by atoms with E-state index in [0.29, 0.717) is 18.1 Å². The van der Waals surface area contributed by atoms with Crippen molar-refractivity contribution in [2.45, 2.75) is 19.9 Å². The van der Waals surface area contributed by atoms with E-state index in [0.717, 1.165) is 16.7 Å². The van der Waals surface area contributed by atoms with Crippen molar-refractivity contribution >= 4 is 16.9 Å². The van der Waals surface area contributed by atoms with Crippen molar-refractivity contribution in [3.05, 3.63) is 60.4 Å². The average Bonchev–Trinajstić information content (AvgIpc) is 3.10. The van der Waals surface area contributed by atoms with Crippen molar-refractivity contribution in [1.82, 2.24) is 4.90 Å². The molecule has 0 fully saturated rings. The van der Waals surface area contributed by atoms with Crippen LogP contribution in [0.4, 0.5) is 0 Å². The van der Waals surface area contributed by atoms with E-state index in [2.05, 4.69) is 0 Å². The summed E-state index contributed by atoms with van der Waals surface area (Å²) in [5, 5.41) is 1.03. The maximum absolute atomic E-state index is 12.5. The monoisotopic (exact) mass is 353 g/mol. The lowest BCUT2D eigenvalue weighted by Crippen LogP contribution is -2.33. The van der Waals surface area contributed by atoms with Gasteiger partial charge in [-0.15, -0.1) is 0 Å². The number of fused-ring (bicyclic) bond motifs is 1. The van der Waals surface area contributed by atoms with Crippen LogP contribution in [-0.2, 0) is 4.79 Å². The van der Waals surface area contributed by atoms with Crippen molar-refractivity contribution < 1.29 is 18.7 Å². The van der Waals surface area contributed by atoms with Crippen LogP contribution in [0.3, 0.4) is 0 Å². The lowest BCUT2D eigenvalue weighted by molar-refractivity contribution is -0.134. The highest BCUT2D eigenvalue weighted by molar-refractivity contribution is 5.79. The molecule has 1 atom stereocenters. The first kappa shape index (κ1) is 17.9. The number of hydrogen-bond acceptors (Lipinski definition) is 4. The Hall–Kier alpha value is -2.95. The number of hydrogen-bond donors (Lipinski definition) is 0. The van der Waals surface area contributed by atoms with E-state index in [1.165, 1.54) is 0 Å². The van der Waals surface area contributed by atoms with Gasteiger partial charge in [-0.25, -0.2) is 0 Å². The minimum atomic E-state index is -0.194. The molecule has 0 aliphatic carbocycles. The van der Waals surface area contributed by atoms with Gasteiger partial charge in [0.05, 0.1) is 12.6 Å². The van der Waals surface area contributed by atoms with Gasteiger partial charge in [-0.1, -0.05) is 30.3 Å². The molecule has 0 saturated heterocycles.